The molecule has 1 aromatic heterocycles. The molecule has 0 unspecified atom stereocenters. The van der Waals surface area contributed by atoms with Gasteiger partial charge in [0.15, 0.2) is 12.4 Å². The molecule has 0 saturated heterocycles. The Hall–Kier alpha value is -2.31. The van der Waals surface area contributed by atoms with E-state index in [1.165, 1.54) is 12.3 Å². The van der Waals surface area contributed by atoms with Gasteiger partial charge in [0.2, 0.25) is 0 Å². The van der Waals surface area contributed by atoms with Gasteiger partial charge in [-0.3, -0.25) is 4.79 Å². The summed E-state index contributed by atoms with van der Waals surface area (Å²) >= 11 is 11.6. The molecule has 0 aliphatic carbocycles. The molecule has 8 heteroatoms. The molecule has 1 N–H and O–H groups in total. The average Bonchev–Trinajstić information content (AvgIpc) is 2.56. The normalized spacial score (nSPS) is 10.1. The summed E-state index contributed by atoms with van der Waals surface area (Å²) < 4.78 is 10.2. The molecule has 0 aliphatic rings. The summed E-state index contributed by atoms with van der Waals surface area (Å²) in [7, 11) is 0. The standard InChI is InChI=1S/C16H14Cl2N2O4/c1-2-23-12-5-3-10(4-6-12)16(22)24-9-14(21)20-15-13(18)7-11(17)8-19-15/h3-8H,2,9H2,1H3,(H,19,20,21). The number of esters is 1. The molecule has 2 rings (SSSR count). The molecule has 0 bridgehead atoms. The van der Waals surface area contributed by atoms with Crippen LogP contribution in [0.15, 0.2) is 36.5 Å². The highest BCUT2D eigenvalue weighted by molar-refractivity contribution is 6.36. The van der Waals surface area contributed by atoms with Gasteiger partial charge < -0.3 is 14.8 Å². The molecule has 0 atom stereocenters. The molecule has 1 amide bonds. The predicted molar refractivity (Wildman–Crippen MR) is 90.8 cm³/mol. The third-order valence-electron chi connectivity index (χ3n) is 2.80. The van der Waals surface area contributed by atoms with Crippen molar-refractivity contribution in [3.63, 3.8) is 0 Å². The smallest absolute Gasteiger partial charge is 0.338 e. The number of anilines is 1. The summed E-state index contributed by atoms with van der Waals surface area (Å²) in [5.74, 6) is -0.396. The van der Waals surface area contributed by atoms with Crippen LogP contribution in [-0.2, 0) is 9.53 Å². The first-order valence-electron chi connectivity index (χ1n) is 7.00. The van der Waals surface area contributed by atoms with Gasteiger partial charge in [0.05, 0.1) is 22.2 Å². The lowest BCUT2D eigenvalue weighted by Crippen LogP contribution is -2.21. The number of carbonyl (C=O) groups is 2. The number of ether oxygens (including phenoxy) is 2. The second-order valence-electron chi connectivity index (χ2n) is 4.57. The number of aromatic nitrogens is 1. The van der Waals surface area contributed by atoms with Gasteiger partial charge in [0.1, 0.15) is 5.75 Å². The van der Waals surface area contributed by atoms with Crippen LogP contribution in [0.1, 0.15) is 17.3 Å². The van der Waals surface area contributed by atoms with Crippen molar-refractivity contribution >= 4 is 40.9 Å². The first-order chi connectivity index (χ1) is 11.5. The van der Waals surface area contributed by atoms with Crippen molar-refractivity contribution in [2.45, 2.75) is 6.92 Å². The molecule has 0 aliphatic heterocycles. The van der Waals surface area contributed by atoms with E-state index in [0.717, 1.165) is 0 Å². The lowest BCUT2D eigenvalue weighted by molar-refractivity contribution is -0.119. The Kier molecular flexibility index (Phi) is 6.40. The summed E-state index contributed by atoms with van der Waals surface area (Å²) in [5.41, 5.74) is 0.314. The van der Waals surface area contributed by atoms with Gasteiger partial charge in [-0.25, -0.2) is 9.78 Å². The van der Waals surface area contributed by atoms with Crippen LogP contribution in [0, 0.1) is 0 Å². The highest BCUT2D eigenvalue weighted by atomic mass is 35.5. The van der Waals surface area contributed by atoms with Gasteiger partial charge in [-0.1, -0.05) is 23.2 Å². The van der Waals surface area contributed by atoms with Crippen LogP contribution in [0.2, 0.25) is 10.0 Å². The first-order valence-corrected chi connectivity index (χ1v) is 7.76. The molecule has 0 saturated carbocycles. The minimum Gasteiger partial charge on any atom is -0.494 e. The van der Waals surface area contributed by atoms with Crippen LogP contribution >= 0.6 is 23.2 Å². The molecule has 1 heterocycles. The number of nitrogens with one attached hydrogen (secondary N) is 1. The van der Waals surface area contributed by atoms with E-state index < -0.39 is 18.5 Å². The van der Waals surface area contributed by atoms with E-state index in [-0.39, 0.29) is 10.8 Å². The van der Waals surface area contributed by atoms with Crippen molar-refractivity contribution < 1.29 is 19.1 Å². The van der Waals surface area contributed by atoms with E-state index >= 15 is 0 Å². The molecular weight excluding hydrogens is 355 g/mol. The molecule has 1 aromatic carbocycles. The lowest BCUT2D eigenvalue weighted by Gasteiger charge is -2.08. The van der Waals surface area contributed by atoms with Crippen molar-refractivity contribution in [2.24, 2.45) is 0 Å². The van der Waals surface area contributed by atoms with Crippen molar-refractivity contribution in [1.29, 1.82) is 0 Å². The second kappa shape index (κ2) is 8.52. The Bertz CT molecular complexity index is 735. The van der Waals surface area contributed by atoms with Gasteiger partial charge in [-0.05, 0) is 37.3 Å². The molecule has 24 heavy (non-hydrogen) atoms. The Morgan fingerprint density at radius 3 is 2.54 bits per heavy atom. The fourth-order valence-corrected chi connectivity index (χ4v) is 2.17. The molecule has 0 fully saturated rings. The van der Waals surface area contributed by atoms with Crippen LogP contribution in [0.3, 0.4) is 0 Å². The first kappa shape index (κ1) is 18.0. The van der Waals surface area contributed by atoms with E-state index in [1.54, 1.807) is 24.3 Å². The topological polar surface area (TPSA) is 77.5 Å². The van der Waals surface area contributed by atoms with Crippen LogP contribution < -0.4 is 10.1 Å². The van der Waals surface area contributed by atoms with Gasteiger partial charge in [-0.15, -0.1) is 0 Å². The number of pyridine rings is 1. The number of hydrogen-bond acceptors (Lipinski definition) is 5. The van der Waals surface area contributed by atoms with Gasteiger partial charge in [-0.2, -0.15) is 0 Å². The average molecular weight is 369 g/mol. The predicted octanol–water partition coefficient (Wildman–Crippen LogP) is 3.58. The number of benzene rings is 1. The highest BCUT2D eigenvalue weighted by Gasteiger charge is 2.12. The minimum atomic E-state index is -0.622. The summed E-state index contributed by atoms with van der Waals surface area (Å²) in [5, 5.41) is 2.97. The summed E-state index contributed by atoms with van der Waals surface area (Å²) in [6.07, 6.45) is 1.34. The molecular formula is C16H14Cl2N2O4. The molecule has 0 radical (unpaired) electrons. The van der Waals surface area contributed by atoms with E-state index in [9.17, 15) is 9.59 Å². The van der Waals surface area contributed by atoms with Crippen molar-refractivity contribution in [3.05, 3.63) is 52.1 Å². The van der Waals surface area contributed by atoms with E-state index in [4.69, 9.17) is 32.7 Å². The number of carbonyl (C=O) groups excluding carboxylic acids is 2. The van der Waals surface area contributed by atoms with E-state index in [2.05, 4.69) is 10.3 Å². The van der Waals surface area contributed by atoms with Crippen LogP contribution in [-0.4, -0.2) is 30.1 Å². The number of halogens is 2. The maximum Gasteiger partial charge on any atom is 0.338 e. The third-order valence-corrected chi connectivity index (χ3v) is 3.30. The number of rotatable bonds is 6. The zero-order valence-corrected chi connectivity index (χ0v) is 14.2. The van der Waals surface area contributed by atoms with E-state index in [1.807, 2.05) is 6.92 Å². The fraction of sp³-hybridized carbons (Fsp3) is 0.188. The SMILES string of the molecule is CCOc1ccc(C(=O)OCC(=O)Nc2ncc(Cl)cc2Cl)cc1. The minimum absolute atomic E-state index is 0.142. The number of hydrogen-bond donors (Lipinski definition) is 1. The largest absolute Gasteiger partial charge is 0.494 e. The number of nitrogens with zero attached hydrogens (tertiary/aromatic N) is 1. The molecule has 126 valence electrons. The number of amides is 1. The molecule has 2 aromatic rings. The van der Waals surface area contributed by atoms with E-state index in [0.29, 0.717) is 22.9 Å². The van der Waals surface area contributed by atoms with Gasteiger partial charge in [0.25, 0.3) is 5.91 Å². The van der Waals surface area contributed by atoms with Crippen molar-refractivity contribution in [1.82, 2.24) is 4.98 Å². The summed E-state index contributed by atoms with van der Waals surface area (Å²) in [6.45, 7) is 1.93. The van der Waals surface area contributed by atoms with Crippen LogP contribution in [0.4, 0.5) is 5.82 Å². The Morgan fingerprint density at radius 1 is 1.21 bits per heavy atom. The Balaban J connectivity index is 1.87. The quantitative estimate of drug-likeness (QED) is 0.788. The molecule has 6 nitrogen and oxygen atoms in total. The van der Waals surface area contributed by atoms with Gasteiger partial charge in [0, 0.05) is 6.20 Å². The maximum atomic E-state index is 11.9. The Labute approximate surface area is 148 Å². The summed E-state index contributed by atoms with van der Waals surface area (Å²) in [4.78, 5) is 27.5. The summed E-state index contributed by atoms with van der Waals surface area (Å²) in [6, 6.07) is 7.86. The fourth-order valence-electron chi connectivity index (χ4n) is 1.74. The van der Waals surface area contributed by atoms with Crippen LogP contribution in [0.25, 0.3) is 0 Å². The second-order valence-corrected chi connectivity index (χ2v) is 5.41. The van der Waals surface area contributed by atoms with Crippen LogP contribution in [0.5, 0.6) is 5.75 Å². The van der Waals surface area contributed by atoms with Gasteiger partial charge >= 0.3 is 5.97 Å². The van der Waals surface area contributed by atoms with Crippen molar-refractivity contribution in [3.8, 4) is 5.75 Å². The molecule has 0 spiro atoms. The zero-order chi connectivity index (χ0) is 17.5. The maximum absolute atomic E-state index is 11.9. The monoisotopic (exact) mass is 368 g/mol. The third kappa shape index (κ3) is 5.11. The highest BCUT2D eigenvalue weighted by Crippen LogP contribution is 2.22. The Morgan fingerprint density at radius 2 is 1.92 bits per heavy atom. The lowest BCUT2D eigenvalue weighted by atomic mass is 10.2. The van der Waals surface area contributed by atoms with Crippen molar-refractivity contribution in [2.75, 3.05) is 18.5 Å². The zero-order valence-electron chi connectivity index (χ0n) is 12.7.